The average molecular weight is 347 g/mol. The summed E-state index contributed by atoms with van der Waals surface area (Å²) in [5, 5.41) is 20.9. The Balaban J connectivity index is 1.67. The molecule has 0 radical (unpaired) electrons. The number of rotatable bonds is 3. The Hall–Kier alpha value is -2.42. The minimum Gasteiger partial charge on any atom is -0.396 e. The summed E-state index contributed by atoms with van der Waals surface area (Å²) in [4.78, 5) is 18.4. The van der Waals surface area contributed by atoms with Crippen LogP contribution in [0.15, 0.2) is 18.7 Å². The second kappa shape index (κ2) is 6.47. The van der Waals surface area contributed by atoms with Gasteiger partial charge in [0.2, 0.25) is 5.95 Å². The molecule has 3 heterocycles. The van der Waals surface area contributed by atoms with Crippen LogP contribution in [0, 0.1) is 5.92 Å². The zero-order chi connectivity index (χ0) is 18.2. The van der Waals surface area contributed by atoms with Crippen LogP contribution in [-0.2, 0) is 12.6 Å². The summed E-state index contributed by atoms with van der Waals surface area (Å²) < 4.78 is 3.44. The van der Waals surface area contributed by atoms with E-state index in [1.165, 1.54) is 0 Å². The van der Waals surface area contributed by atoms with E-state index in [2.05, 4.69) is 20.5 Å². The molecule has 136 valence electrons. The van der Waals surface area contributed by atoms with Gasteiger partial charge in [0.05, 0.1) is 11.7 Å². The van der Waals surface area contributed by atoms with Crippen molar-refractivity contribution in [2.75, 3.05) is 25.0 Å². The molecule has 0 aliphatic carbocycles. The number of nitrogens with one attached hydrogen (secondary N) is 1. The number of nitrogens with zero attached hydrogens (tertiary/aromatic N) is 6. The molecule has 25 heavy (non-hydrogen) atoms. The molecule has 2 aromatic heterocycles. The number of anilines is 1. The number of aliphatic hydroxyl groups excluding tert-OH is 1. The Kier molecular flexibility index (Phi) is 4.51. The number of hydrogen-bond donors (Lipinski definition) is 2. The molecule has 1 fully saturated rings. The van der Waals surface area contributed by atoms with E-state index in [-0.39, 0.29) is 36.0 Å². The lowest BCUT2D eigenvalue weighted by Gasteiger charge is -2.18. The number of amides is 2. The predicted octanol–water partition coefficient (Wildman–Crippen LogP) is 1.01. The molecule has 0 aromatic carbocycles. The number of carbonyl (C=O) groups is 1. The van der Waals surface area contributed by atoms with E-state index in [1.807, 2.05) is 34.0 Å². The zero-order valence-electron chi connectivity index (χ0n) is 15.0. The van der Waals surface area contributed by atoms with E-state index in [0.717, 1.165) is 5.56 Å². The number of aliphatic hydroxyl groups is 1. The number of aromatic nitrogens is 5. The molecule has 2 N–H and O–H groups in total. The lowest BCUT2D eigenvalue weighted by atomic mass is 9.92. The standard InChI is InChI=1S/C16H25N7O2/c1-16(2,3)23-10-17-14(20-23)19-15(25)22-7-12(9-24)13(8-22)11-5-18-21(4)6-11/h5-6,10,12-13,24H,7-9H2,1-4H3,(H,19,20,25)/t12-,13-/m0/s1. The second-order valence-electron chi connectivity index (χ2n) is 7.52. The van der Waals surface area contributed by atoms with Gasteiger partial charge in [-0.25, -0.2) is 14.5 Å². The quantitative estimate of drug-likeness (QED) is 0.863. The summed E-state index contributed by atoms with van der Waals surface area (Å²) >= 11 is 0. The van der Waals surface area contributed by atoms with Gasteiger partial charge in [-0.3, -0.25) is 10.00 Å². The Labute approximate surface area is 146 Å². The fourth-order valence-electron chi connectivity index (χ4n) is 3.05. The van der Waals surface area contributed by atoms with Gasteiger partial charge in [-0.05, 0) is 26.3 Å². The third kappa shape index (κ3) is 3.65. The fraction of sp³-hybridized carbons (Fsp3) is 0.625. The van der Waals surface area contributed by atoms with Gasteiger partial charge in [0.25, 0.3) is 0 Å². The number of aryl methyl sites for hydroxylation is 1. The maximum Gasteiger partial charge on any atom is 0.324 e. The van der Waals surface area contributed by atoms with Gasteiger partial charge in [-0.2, -0.15) is 5.10 Å². The summed E-state index contributed by atoms with van der Waals surface area (Å²) in [6.07, 6.45) is 5.33. The smallest absolute Gasteiger partial charge is 0.324 e. The third-order valence-corrected chi connectivity index (χ3v) is 4.51. The first-order valence-electron chi connectivity index (χ1n) is 8.35. The van der Waals surface area contributed by atoms with Gasteiger partial charge in [-0.15, -0.1) is 5.10 Å². The lowest BCUT2D eigenvalue weighted by molar-refractivity contribution is 0.206. The number of hydrogen-bond acceptors (Lipinski definition) is 5. The topological polar surface area (TPSA) is 101 Å². The largest absolute Gasteiger partial charge is 0.396 e. The molecule has 2 atom stereocenters. The third-order valence-electron chi connectivity index (χ3n) is 4.51. The minimum absolute atomic E-state index is 0.00459. The van der Waals surface area contributed by atoms with Gasteiger partial charge >= 0.3 is 6.03 Å². The van der Waals surface area contributed by atoms with E-state index in [0.29, 0.717) is 13.1 Å². The highest BCUT2D eigenvalue weighted by Gasteiger charge is 2.36. The number of carbonyl (C=O) groups excluding carboxylic acids is 1. The fourth-order valence-corrected chi connectivity index (χ4v) is 3.05. The van der Waals surface area contributed by atoms with Crippen molar-refractivity contribution in [3.05, 3.63) is 24.3 Å². The minimum atomic E-state index is -0.253. The van der Waals surface area contributed by atoms with Crippen LogP contribution in [-0.4, -0.2) is 60.3 Å². The monoisotopic (exact) mass is 347 g/mol. The van der Waals surface area contributed by atoms with Gasteiger partial charge in [-0.1, -0.05) is 0 Å². The molecular formula is C16H25N7O2. The van der Waals surface area contributed by atoms with E-state index in [4.69, 9.17) is 0 Å². The molecule has 1 aliphatic rings. The Morgan fingerprint density at radius 2 is 2.16 bits per heavy atom. The van der Waals surface area contributed by atoms with E-state index in [9.17, 15) is 9.90 Å². The highest BCUT2D eigenvalue weighted by Crippen LogP contribution is 2.32. The van der Waals surface area contributed by atoms with Gasteiger partial charge in [0.1, 0.15) is 6.33 Å². The van der Waals surface area contributed by atoms with Crippen molar-refractivity contribution in [2.45, 2.75) is 32.2 Å². The summed E-state index contributed by atoms with van der Waals surface area (Å²) in [5.41, 5.74) is 0.837. The van der Waals surface area contributed by atoms with Crippen molar-refractivity contribution in [2.24, 2.45) is 13.0 Å². The van der Waals surface area contributed by atoms with Crippen molar-refractivity contribution >= 4 is 12.0 Å². The normalized spacial score (nSPS) is 20.9. The summed E-state index contributed by atoms with van der Waals surface area (Å²) in [7, 11) is 1.86. The van der Waals surface area contributed by atoms with Crippen molar-refractivity contribution in [1.82, 2.24) is 29.4 Å². The summed E-state index contributed by atoms with van der Waals surface area (Å²) in [6.45, 7) is 7.08. The highest BCUT2D eigenvalue weighted by atomic mass is 16.3. The van der Waals surface area contributed by atoms with E-state index in [1.54, 1.807) is 26.8 Å². The van der Waals surface area contributed by atoms with Crippen LogP contribution in [0.4, 0.5) is 10.7 Å². The Bertz CT molecular complexity index is 746. The van der Waals surface area contributed by atoms with Crippen LogP contribution >= 0.6 is 0 Å². The molecule has 0 saturated carbocycles. The van der Waals surface area contributed by atoms with Crippen LogP contribution in [0.25, 0.3) is 0 Å². The first-order chi connectivity index (χ1) is 11.8. The van der Waals surface area contributed by atoms with Crippen molar-refractivity contribution in [3.63, 3.8) is 0 Å². The molecule has 9 heteroatoms. The molecule has 0 unspecified atom stereocenters. The first-order valence-corrected chi connectivity index (χ1v) is 8.35. The molecule has 9 nitrogen and oxygen atoms in total. The first kappa shape index (κ1) is 17.4. The molecule has 3 rings (SSSR count). The molecule has 2 aromatic rings. The number of urea groups is 1. The average Bonchev–Trinajstić information content (AvgIpc) is 3.24. The molecule has 0 spiro atoms. The van der Waals surface area contributed by atoms with Crippen LogP contribution in [0.1, 0.15) is 32.3 Å². The van der Waals surface area contributed by atoms with Gasteiger partial charge in [0, 0.05) is 44.8 Å². The molecule has 2 amide bonds. The molecule has 1 saturated heterocycles. The van der Waals surface area contributed by atoms with Crippen LogP contribution in [0.5, 0.6) is 0 Å². The molecule has 0 bridgehead atoms. The van der Waals surface area contributed by atoms with Crippen LogP contribution in [0.3, 0.4) is 0 Å². The van der Waals surface area contributed by atoms with Gasteiger partial charge < -0.3 is 10.0 Å². The van der Waals surface area contributed by atoms with Crippen molar-refractivity contribution in [3.8, 4) is 0 Å². The van der Waals surface area contributed by atoms with Crippen LogP contribution in [0.2, 0.25) is 0 Å². The number of likely N-dealkylation sites (tertiary alicyclic amines) is 1. The van der Waals surface area contributed by atoms with E-state index < -0.39 is 0 Å². The summed E-state index contributed by atoms with van der Waals surface area (Å²) in [6, 6.07) is -0.253. The Morgan fingerprint density at radius 3 is 2.72 bits per heavy atom. The van der Waals surface area contributed by atoms with Crippen molar-refractivity contribution in [1.29, 1.82) is 0 Å². The van der Waals surface area contributed by atoms with Crippen molar-refractivity contribution < 1.29 is 9.90 Å². The summed E-state index contributed by atoms with van der Waals surface area (Å²) in [5.74, 6) is 0.352. The molecule has 1 aliphatic heterocycles. The second-order valence-corrected chi connectivity index (χ2v) is 7.52. The predicted molar refractivity (Wildman–Crippen MR) is 92.1 cm³/mol. The zero-order valence-corrected chi connectivity index (χ0v) is 15.0. The van der Waals surface area contributed by atoms with Gasteiger partial charge in [0.15, 0.2) is 0 Å². The maximum atomic E-state index is 12.5. The maximum absolute atomic E-state index is 12.5. The SMILES string of the molecule is Cn1cc([C@@H]2CN(C(=O)Nc3ncn(C(C)(C)C)n3)C[C@H]2CO)cn1. The molecular weight excluding hydrogens is 322 g/mol. The highest BCUT2D eigenvalue weighted by molar-refractivity contribution is 5.87. The van der Waals surface area contributed by atoms with E-state index >= 15 is 0 Å². The lowest BCUT2D eigenvalue weighted by Crippen LogP contribution is -2.34. The Morgan fingerprint density at radius 1 is 1.40 bits per heavy atom. The van der Waals surface area contributed by atoms with Crippen LogP contribution < -0.4 is 5.32 Å².